The highest BCUT2D eigenvalue weighted by Gasteiger charge is 2.16. The number of nitrogens with one attached hydrogen (secondary N) is 1. The molecule has 1 aromatic rings. The summed E-state index contributed by atoms with van der Waals surface area (Å²) in [6.07, 6.45) is 16.3. The van der Waals surface area contributed by atoms with Gasteiger partial charge in [-0.05, 0) is 49.8 Å². The van der Waals surface area contributed by atoms with Crippen molar-refractivity contribution in [2.45, 2.75) is 70.8 Å². The molecule has 2 heteroatoms. The van der Waals surface area contributed by atoms with Crippen molar-refractivity contribution in [2.24, 2.45) is 5.92 Å². The largest absolute Gasteiger partial charge is 0.314 e. The van der Waals surface area contributed by atoms with Crippen molar-refractivity contribution in [1.82, 2.24) is 10.3 Å². The topological polar surface area (TPSA) is 24.9 Å². The van der Waals surface area contributed by atoms with E-state index >= 15 is 0 Å². The standard InChI is InChI=1S/C18H30N2/c1-2-12-20-18(14-17-9-6-13-19-15-17)11-10-16-7-4-3-5-8-16/h6,9,13,15-16,18,20H,2-5,7-8,10-12,14H2,1H3. The predicted octanol–water partition coefficient (Wildman–Crippen LogP) is 4.35. The van der Waals surface area contributed by atoms with E-state index < -0.39 is 0 Å². The van der Waals surface area contributed by atoms with Gasteiger partial charge in [-0.3, -0.25) is 4.98 Å². The molecule has 1 aliphatic rings. The molecule has 1 aliphatic carbocycles. The molecule has 0 radical (unpaired) electrons. The van der Waals surface area contributed by atoms with E-state index in [4.69, 9.17) is 0 Å². The summed E-state index contributed by atoms with van der Waals surface area (Å²) in [5.74, 6) is 0.989. The van der Waals surface area contributed by atoms with Crippen LogP contribution in [-0.4, -0.2) is 17.6 Å². The first-order valence-electron chi connectivity index (χ1n) is 8.50. The molecule has 20 heavy (non-hydrogen) atoms. The van der Waals surface area contributed by atoms with Gasteiger partial charge in [0.1, 0.15) is 0 Å². The van der Waals surface area contributed by atoms with E-state index in [1.807, 2.05) is 18.5 Å². The molecule has 0 bridgehead atoms. The number of rotatable bonds is 8. The van der Waals surface area contributed by atoms with Gasteiger partial charge in [0.25, 0.3) is 0 Å². The maximum absolute atomic E-state index is 4.24. The molecule has 1 aromatic heterocycles. The lowest BCUT2D eigenvalue weighted by Crippen LogP contribution is -2.32. The second-order valence-corrected chi connectivity index (χ2v) is 6.30. The van der Waals surface area contributed by atoms with Gasteiger partial charge in [0.2, 0.25) is 0 Å². The molecule has 0 saturated heterocycles. The van der Waals surface area contributed by atoms with Crippen molar-refractivity contribution < 1.29 is 0 Å². The maximum Gasteiger partial charge on any atom is 0.0300 e. The van der Waals surface area contributed by atoms with E-state index in [0.29, 0.717) is 6.04 Å². The average molecular weight is 274 g/mol. The molecule has 112 valence electrons. The van der Waals surface area contributed by atoms with E-state index in [-0.39, 0.29) is 0 Å². The van der Waals surface area contributed by atoms with Crippen molar-refractivity contribution in [3.63, 3.8) is 0 Å². The minimum atomic E-state index is 0.626. The van der Waals surface area contributed by atoms with Gasteiger partial charge in [-0.15, -0.1) is 0 Å². The first-order valence-corrected chi connectivity index (χ1v) is 8.50. The van der Waals surface area contributed by atoms with Crippen molar-refractivity contribution in [2.75, 3.05) is 6.54 Å². The minimum absolute atomic E-state index is 0.626. The maximum atomic E-state index is 4.24. The van der Waals surface area contributed by atoms with Crippen LogP contribution in [0.15, 0.2) is 24.5 Å². The predicted molar refractivity (Wildman–Crippen MR) is 85.8 cm³/mol. The van der Waals surface area contributed by atoms with Crippen LogP contribution in [0.25, 0.3) is 0 Å². The molecule has 0 aromatic carbocycles. The molecule has 0 amide bonds. The Bertz CT molecular complexity index is 344. The van der Waals surface area contributed by atoms with Gasteiger partial charge < -0.3 is 5.32 Å². The third kappa shape index (κ3) is 5.62. The van der Waals surface area contributed by atoms with Crippen molar-refractivity contribution >= 4 is 0 Å². The summed E-state index contributed by atoms with van der Waals surface area (Å²) in [7, 11) is 0. The smallest absolute Gasteiger partial charge is 0.0300 e. The Kier molecular flexibility index (Phi) is 7.07. The van der Waals surface area contributed by atoms with E-state index in [9.17, 15) is 0 Å². The summed E-state index contributed by atoms with van der Waals surface area (Å²) in [5, 5.41) is 3.73. The number of hydrogen-bond acceptors (Lipinski definition) is 2. The molecule has 2 nitrogen and oxygen atoms in total. The highest BCUT2D eigenvalue weighted by molar-refractivity contribution is 5.10. The minimum Gasteiger partial charge on any atom is -0.314 e. The molecule has 1 fully saturated rings. The Labute approximate surface area is 124 Å². The molecule has 1 heterocycles. The number of pyridine rings is 1. The van der Waals surface area contributed by atoms with E-state index in [1.165, 1.54) is 56.9 Å². The molecule has 1 N–H and O–H groups in total. The Morgan fingerprint density at radius 2 is 2.15 bits per heavy atom. The van der Waals surface area contributed by atoms with Crippen molar-refractivity contribution in [1.29, 1.82) is 0 Å². The molecule has 1 unspecified atom stereocenters. The third-order valence-corrected chi connectivity index (χ3v) is 4.54. The lowest BCUT2D eigenvalue weighted by Gasteiger charge is -2.25. The second kappa shape index (κ2) is 9.12. The van der Waals surface area contributed by atoms with E-state index in [0.717, 1.165) is 18.9 Å². The summed E-state index contributed by atoms with van der Waals surface area (Å²) in [6, 6.07) is 4.88. The highest BCUT2D eigenvalue weighted by atomic mass is 14.9. The average Bonchev–Trinajstić information content (AvgIpc) is 2.52. The van der Waals surface area contributed by atoms with Gasteiger partial charge in [-0.1, -0.05) is 45.1 Å². The fraction of sp³-hybridized carbons (Fsp3) is 0.722. The second-order valence-electron chi connectivity index (χ2n) is 6.30. The summed E-state index contributed by atoms with van der Waals surface area (Å²) < 4.78 is 0. The van der Waals surface area contributed by atoms with Crippen LogP contribution in [0.2, 0.25) is 0 Å². The van der Waals surface area contributed by atoms with Crippen LogP contribution in [0.4, 0.5) is 0 Å². The molecule has 1 saturated carbocycles. The Morgan fingerprint density at radius 3 is 2.85 bits per heavy atom. The van der Waals surface area contributed by atoms with Crippen LogP contribution < -0.4 is 5.32 Å². The zero-order chi connectivity index (χ0) is 14.0. The monoisotopic (exact) mass is 274 g/mol. The number of hydrogen-bond donors (Lipinski definition) is 1. The third-order valence-electron chi connectivity index (χ3n) is 4.54. The Hall–Kier alpha value is -0.890. The van der Waals surface area contributed by atoms with Gasteiger partial charge in [-0.25, -0.2) is 0 Å². The van der Waals surface area contributed by atoms with E-state index in [2.05, 4.69) is 23.3 Å². The van der Waals surface area contributed by atoms with Crippen molar-refractivity contribution in [3.8, 4) is 0 Å². The molecule has 0 spiro atoms. The van der Waals surface area contributed by atoms with Crippen molar-refractivity contribution in [3.05, 3.63) is 30.1 Å². The van der Waals surface area contributed by atoms with Crippen LogP contribution in [0.1, 0.15) is 63.9 Å². The normalized spacial score (nSPS) is 18.1. The summed E-state index contributed by atoms with van der Waals surface area (Å²) >= 11 is 0. The lowest BCUT2D eigenvalue weighted by atomic mass is 9.84. The highest BCUT2D eigenvalue weighted by Crippen LogP contribution is 2.28. The summed E-state index contributed by atoms with van der Waals surface area (Å²) in [4.78, 5) is 4.24. The van der Waals surface area contributed by atoms with Gasteiger partial charge in [0.15, 0.2) is 0 Å². The molecular weight excluding hydrogens is 244 g/mol. The van der Waals surface area contributed by atoms with Gasteiger partial charge in [0, 0.05) is 18.4 Å². The SMILES string of the molecule is CCCNC(CCC1CCCCC1)Cc1cccnc1. The summed E-state index contributed by atoms with van der Waals surface area (Å²) in [6.45, 7) is 3.38. The van der Waals surface area contributed by atoms with Gasteiger partial charge >= 0.3 is 0 Å². The summed E-state index contributed by atoms with van der Waals surface area (Å²) in [5.41, 5.74) is 1.37. The first-order chi connectivity index (χ1) is 9.88. The van der Waals surface area contributed by atoms with Crippen LogP contribution in [-0.2, 0) is 6.42 Å². The lowest BCUT2D eigenvalue weighted by molar-refractivity contribution is 0.312. The van der Waals surface area contributed by atoms with Crippen LogP contribution >= 0.6 is 0 Å². The van der Waals surface area contributed by atoms with Crippen LogP contribution in [0.5, 0.6) is 0 Å². The fourth-order valence-corrected chi connectivity index (χ4v) is 3.34. The van der Waals surface area contributed by atoms with E-state index in [1.54, 1.807) is 0 Å². The number of nitrogens with zero attached hydrogens (tertiary/aromatic N) is 1. The fourth-order valence-electron chi connectivity index (χ4n) is 3.34. The quantitative estimate of drug-likeness (QED) is 0.762. The molecule has 2 rings (SSSR count). The van der Waals surface area contributed by atoms with Gasteiger partial charge in [-0.2, -0.15) is 0 Å². The Morgan fingerprint density at radius 1 is 1.30 bits per heavy atom. The zero-order valence-corrected chi connectivity index (χ0v) is 13.0. The molecule has 1 atom stereocenters. The Balaban J connectivity index is 1.79. The zero-order valence-electron chi connectivity index (χ0n) is 13.0. The molecule has 0 aliphatic heterocycles. The van der Waals surface area contributed by atoms with Gasteiger partial charge in [0.05, 0.1) is 0 Å². The molecular formula is C18H30N2. The first kappa shape index (κ1) is 15.5. The van der Waals surface area contributed by atoms with Crippen LogP contribution in [0, 0.1) is 5.92 Å². The number of aromatic nitrogens is 1. The van der Waals surface area contributed by atoms with Crippen LogP contribution in [0.3, 0.4) is 0 Å².